The first kappa shape index (κ1) is 17.4. The van der Waals surface area contributed by atoms with Crippen molar-refractivity contribution in [1.29, 1.82) is 0 Å². The molecule has 5 nitrogen and oxygen atoms in total. The molecule has 20 heavy (non-hydrogen) atoms. The van der Waals surface area contributed by atoms with Crippen LogP contribution in [0.15, 0.2) is 0 Å². The quantitative estimate of drug-likeness (QED) is 0.687. The van der Waals surface area contributed by atoms with Crippen LogP contribution in [-0.2, 0) is 4.79 Å². The first-order chi connectivity index (χ1) is 9.51. The van der Waals surface area contributed by atoms with Crippen LogP contribution in [-0.4, -0.2) is 66.6 Å². The molecule has 0 aliphatic carbocycles. The molecule has 2 atom stereocenters. The molecular weight excluding hydrogens is 252 g/mol. The van der Waals surface area contributed by atoms with E-state index in [1.165, 1.54) is 6.42 Å². The van der Waals surface area contributed by atoms with Crippen molar-refractivity contribution in [2.75, 3.05) is 32.7 Å². The summed E-state index contributed by atoms with van der Waals surface area (Å²) in [5, 5.41) is 2.96. The summed E-state index contributed by atoms with van der Waals surface area (Å²) in [6.45, 7) is 13.2. The molecule has 1 rings (SSSR count). The summed E-state index contributed by atoms with van der Waals surface area (Å²) in [7, 11) is 0. The summed E-state index contributed by atoms with van der Waals surface area (Å²) in [5.41, 5.74) is 5.88. The van der Waals surface area contributed by atoms with Gasteiger partial charge >= 0.3 is 0 Å². The van der Waals surface area contributed by atoms with Gasteiger partial charge < -0.3 is 11.1 Å². The first-order valence-electron chi connectivity index (χ1n) is 7.99. The molecule has 5 heteroatoms. The largest absolute Gasteiger partial charge is 0.354 e. The Morgan fingerprint density at radius 1 is 1.40 bits per heavy atom. The standard InChI is InChI=1S/C15H32N4O/c1-5-18(6-2)13-7-8-19(11-13)14(10-16)9-15(20)17-12(3)4/h12-14H,5-11,16H2,1-4H3,(H,17,20). The van der Waals surface area contributed by atoms with Gasteiger partial charge in [-0.1, -0.05) is 13.8 Å². The van der Waals surface area contributed by atoms with E-state index < -0.39 is 0 Å². The maximum atomic E-state index is 11.9. The molecule has 1 heterocycles. The Morgan fingerprint density at radius 3 is 2.55 bits per heavy atom. The SMILES string of the molecule is CCN(CC)C1CCN(C(CN)CC(=O)NC(C)C)C1. The minimum absolute atomic E-state index is 0.113. The van der Waals surface area contributed by atoms with Crippen LogP contribution in [0.25, 0.3) is 0 Å². The Hall–Kier alpha value is -0.650. The third-order valence-electron chi connectivity index (χ3n) is 4.18. The van der Waals surface area contributed by atoms with E-state index in [-0.39, 0.29) is 18.0 Å². The van der Waals surface area contributed by atoms with Gasteiger partial charge in [-0.2, -0.15) is 0 Å². The van der Waals surface area contributed by atoms with Gasteiger partial charge in [0.05, 0.1) is 0 Å². The molecular formula is C15H32N4O. The fourth-order valence-electron chi connectivity index (χ4n) is 3.09. The van der Waals surface area contributed by atoms with Crippen molar-refractivity contribution in [3.63, 3.8) is 0 Å². The van der Waals surface area contributed by atoms with Gasteiger partial charge in [0.1, 0.15) is 0 Å². The molecule has 1 saturated heterocycles. The topological polar surface area (TPSA) is 61.6 Å². The minimum Gasteiger partial charge on any atom is -0.354 e. The van der Waals surface area contributed by atoms with Gasteiger partial charge in [0.15, 0.2) is 0 Å². The Labute approximate surface area is 123 Å². The number of hydrogen-bond donors (Lipinski definition) is 2. The van der Waals surface area contributed by atoms with Gasteiger partial charge in [-0.3, -0.25) is 14.6 Å². The van der Waals surface area contributed by atoms with Crippen LogP contribution in [0.4, 0.5) is 0 Å². The van der Waals surface area contributed by atoms with E-state index in [2.05, 4.69) is 29.0 Å². The summed E-state index contributed by atoms with van der Waals surface area (Å²) in [4.78, 5) is 16.8. The fourth-order valence-corrected chi connectivity index (χ4v) is 3.09. The fraction of sp³-hybridized carbons (Fsp3) is 0.933. The molecule has 1 aliphatic heterocycles. The third kappa shape index (κ3) is 5.04. The number of carbonyl (C=O) groups excluding carboxylic acids is 1. The summed E-state index contributed by atoms with van der Waals surface area (Å²) in [6.07, 6.45) is 1.70. The number of nitrogens with zero attached hydrogens (tertiary/aromatic N) is 2. The number of likely N-dealkylation sites (N-methyl/N-ethyl adjacent to an activating group) is 1. The van der Waals surface area contributed by atoms with Gasteiger partial charge in [-0.15, -0.1) is 0 Å². The van der Waals surface area contributed by atoms with Crippen LogP contribution in [0.2, 0.25) is 0 Å². The second-order valence-electron chi connectivity index (χ2n) is 5.97. The third-order valence-corrected chi connectivity index (χ3v) is 4.18. The molecule has 1 fully saturated rings. The number of hydrogen-bond acceptors (Lipinski definition) is 4. The van der Waals surface area contributed by atoms with Crippen LogP contribution in [0.1, 0.15) is 40.5 Å². The van der Waals surface area contributed by atoms with E-state index in [0.29, 0.717) is 19.0 Å². The Bertz CT molecular complexity index is 292. The normalized spacial score (nSPS) is 21.6. The van der Waals surface area contributed by atoms with Crippen molar-refractivity contribution in [2.24, 2.45) is 5.73 Å². The van der Waals surface area contributed by atoms with E-state index in [4.69, 9.17) is 5.73 Å². The van der Waals surface area contributed by atoms with Crippen molar-refractivity contribution < 1.29 is 4.79 Å². The van der Waals surface area contributed by atoms with E-state index >= 15 is 0 Å². The molecule has 0 aromatic carbocycles. The zero-order valence-electron chi connectivity index (χ0n) is 13.6. The predicted octanol–water partition coefficient (Wildman–Crippen LogP) is 0.645. The summed E-state index contributed by atoms with van der Waals surface area (Å²) >= 11 is 0. The van der Waals surface area contributed by atoms with Crippen molar-refractivity contribution in [1.82, 2.24) is 15.1 Å². The van der Waals surface area contributed by atoms with Gasteiger partial charge in [0.25, 0.3) is 0 Å². The van der Waals surface area contributed by atoms with Crippen molar-refractivity contribution in [2.45, 2.75) is 58.7 Å². The van der Waals surface area contributed by atoms with Gasteiger partial charge in [0, 0.05) is 44.2 Å². The zero-order chi connectivity index (χ0) is 15.1. The van der Waals surface area contributed by atoms with Crippen LogP contribution in [0.3, 0.4) is 0 Å². The Morgan fingerprint density at radius 2 is 2.05 bits per heavy atom. The average Bonchev–Trinajstić information content (AvgIpc) is 2.86. The minimum atomic E-state index is 0.113. The van der Waals surface area contributed by atoms with Crippen LogP contribution in [0, 0.1) is 0 Å². The lowest BCUT2D eigenvalue weighted by atomic mass is 10.1. The lowest BCUT2D eigenvalue weighted by molar-refractivity contribution is -0.122. The highest BCUT2D eigenvalue weighted by molar-refractivity contribution is 5.76. The number of nitrogens with two attached hydrogens (primary N) is 1. The van der Waals surface area contributed by atoms with Gasteiger partial charge in [-0.25, -0.2) is 0 Å². The van der Waals surface area contributed by atoms with E-state index in [1.54, 1.807) is 0 Å². The highest BCUT2D eigenvalue weighted by Gasteiger charge is 2.31. The molecule has 1 amide bonds. The summed E-state index contributed by atoms with van der Waals surface area (Å²) < 4.78 is 0. The maximum absolute atomic E-state index is 11.9. The first-order valence-corrected chi connectivity index (χ1v) is 7.99. The van der Waals surface area contributed by atoms with Gasteiger partial charge in [0.2, 0.25) is 5.91 Å². The molecule has 0 aromatic rings. The van der Waals surface area contributed by atoms with Gasteiger partial charge in [-0.05, 0) is 33.4 Å². The van der Waals surface area contributed by atoms with Crippen molar-refractivity contribution >= 4 is 5.91 Å². The summed E-state index contributed by atoms with van der Waals surface area (Å²) in [6, 6.07) is 0.990. The van der Waals surface area contributed by atoms with Crippen LogP contribution >= 0.6 is 0 Å². The lowest BCUT2D eigenvalue weighted by Gasteiger charge is -2.29. The lowest BCUT2D eigenvalue weighted by Crippen LogP contribution is -2.45. The van der Waals surface area contributed by atoms with E-state index in [0.717, 1.165) is 26.2 Å². The smallest absolute Gasteiger partial charge is 0.221 e. The Kier molecular flexibility index (Phi) is 7.48. The maximum Gasteiger partial charge on any atom is 0.221 e. The number of carbonyl (C=O) groups is 1. The molecule has 3 N–H and O–H groups in total. The second kappa shape index (κ2) is 8.60. The van der Waals surface area contributed by atoms with Crippen LogP contribution < -0.4 is 11.1 Å². The molecule has 0 aromatic heterocycles. The number of rotatable bonds is 8. The van der Waals surface area contributed by atoms with Crippen molar-refractivity contribution in [3.05, 3.63) is 0 Å². The molecule has 0 bridgehead atoms. The highest BCUT2D eigenvalue weighted by atomic mass is 16.1. The molecule has 0 saturated carbocycles. The van der Waals surface area contributed by atoms with Crippen LogP contribution in [0.5, 0.6) is 0 Å². The number of likely N-dealkylation sites (tertiary alicyclic amines) is 1. The summed E-state index contributed by atoms with van der Waals surface area (Å²) in [5.74, 6) is 0.113. The molecule has 0 spiro atoms. The Balaban J connectivity index is 2.49. The number of nitrogens with one attached hydrogen (secondary N) is 1. The molecule has 118 valence electrons. The predicted molar refractivity (Wildman–Crippen MR) is 83.6 cm³/mol. The zero-order valence-corrected chi connectivity index (χ0v) is 13.6. The van der Waals surface area contributed by atoms with Crippen molar-refractivity contribution in [3.8, 4) is 0 Å². The van der Waals surface area contributed by atoms with E-state index in [1.807, 2.05) is 13.8 Å². The van der Waals surface area contributed by atoms with E-state index in [9.17, 15) is 4.79 Å². The number of amides is 1. The second-order valence-corrected chi connectivity index (χ2v) is 5.97. The molecule has 1 aliphatic rings. The molecule has 0 radical (unpaired) electrons. The average molecular weight is 284 g/mol. The highest BCUT2D eigenvalue weighted by Crippen LogP contribution is 2.19. The molecule has 2 unspecified atom stereocenters. The monoisotopic (exact) mass is 284 g/mol.